The van der Waals surface area contributed by atoms with Crippen molar-refractivity contribution in [3.63, 3.8) is 0 Å². The molecule has 0 saturated carbocycles. The molecular weight excluding hydrogens is 814 g/mol. The van der Waals surface area contributed by atoms with Crippen LogP contribution in [-0.2, 0) is 38.8 Å². The predicted molar refractivity (Wildman–Crippen MR) is 224 cm³/mol. The molecule has 0 bridgehead atoms. The van der Waals surface area contributed by atoms with E-state index in [1.165, 1.54) is 22.4 Å². The zero-order valence-corrected chi connectivity index (χ0v) is 34.7. The molecule has 1 aliphatic heterocycles. The number of aryl methyl sites for hydroxylation is 1. The highest BCUT2D eigenvalue weighted by Gasteiger charge is 2.28. The second-order valence-corrected chi connectivity index (χ2v) is 15.3. The highest BCUT2D eigenvalue weighted by Crippen LogP contribution is 2.30. The molecular formula is C42H46FN7O10S. The number of benzene rings is 3. The standard InChI is InChI=1S/C41H44FN7O8S.CH2O2/c1-5-47-21-30(39(52)53)35(50)29-19-31(42)33(20-32(29)47)48-15-17-49(18-16-48)41(55)57-23-27-11-13-28(14-12-27)43-36(51)25(4)37-45-46-38(58-37)34(24(2)3)44-40(54)56-22-26-9-7-6-8-10-26;2-1-3/h6-14,19-21,24-25,34H,5,15-18,22-23H2,1-4H3,(H,43,51)(H,44,54)(H,52,53);1H,(H,2,3)/t25-,34+;/m1./s1. The quantitative estimate of drug-likeness (QED) is 0.0965. The topological polar surface area (TPSA) is 223 Å². The number of alkyl carbamates (subject to hydrolysis) is 1. The number of carboxylic acids is 1. The minimum Gasteiger partial charge on any atom is -0.483 e. The molecule has 19 heteroatoms. The third-order valence-electron chi connectivity index (χ3n) is 9.82. The van der Waals surface area contributed by atoms with Gasteiger partial charge in [0, 0.05) is 50.0 Å². The summed E-state index contributed by atoms with van der Waals surface area (Å²) in [5, 5.41) is 31.6. The Morgan fingerprint density at radius 2 is 1.54 bits per heavy atom. The van der Waals surface area contributed by atoms with E-state index in [0.29, 0.717) is 46.4 Å². The van der Waals surface area contributed by atoms with Crippen LogP contribution in [0.1, 0.15) is 71.2 Å². The molecule has 3 aromatic carbocycles. The van der Waals surface area contributed by atoms with Gasteiger partial charge in [0.25, 0.3) is 6.47 Å². The molecule has 0 spiro atoms. The number of carbonyl (C=O) groups excluding carboxylic acids is 3. The summed E-state index contributed by atoms with van der Waals surface area (Å²) >= 11 is 1.25. The molecule has 1 aliphatic rings. The van der Waals surface area contributed by atoms with Crippen LogP contribution >= 0.6 is 11.3 Å². The predicted octanol–water partition coefficient (Wildman–Crippen LogP) is 6.24. The number of nitrogens with one attached hydrogen (secondary N) is 2. The van der Waals surface area contributed by atoms with Gasteiger partial charge in [0.15, 0.2) is 0 Å². The fourth-order valence-corrected chi connectivity index (χ4v) is 7.54. The molecule has 2 aromatic heterocycles. The number of halogens is 1. The van der Waals surface area contributed by atoms with Crippen molar-refractivity contribution < 1.29 is 48.0 Å². The molecule has 2 atom stereocenters. The summed E-state index contributed by atoms with van der Waals surface area (Å²) in [6, 6.07) is 18.4. The first-order valence-electron chi connectivity index (χ1n) is 19.3. The molecule has 6 rings (SSSR count). The molecule has 3 heterocycles. The van der Waals surface area contributed by atoms with Gasteiger partial charge in [-0.15, -0.1) is 10.2 Å². The van der Waals surface area contributed by atoms with Gasteiger partial charge in [0.2, 0.25) is 11.3 Å². The van der Waals surface area contributed by atoms with Crippen LogP contribution in [0.15, 0.2) is 77.7 Å². The third kappa shape index (κ3) is 11.4. The van der Waals surface area contributed by atoms with E-state index in [9.17, 15) is 29.1 Å². The monoisotopic (exact) mass is 859 g/mol. The first-order valence-corrected chi connectivity index (χ1v) is 20.1. The summed E-state index contributed by atoms with van der Waals surface area (Å²) in [7, 11) is 0. The largest absolute Gasteiger partial charge is 0.483 e. The number of hydrogen-bond donors (Lipinski definition) is 4. The average molecular weight is 860 g/mol. The lowest BCUT2D eigenvalue weighted by atomic mass is 10.1. The van der Waals surface area contributed by atoms with E-state index in [2.05, 4.69) is 20.8 Å². The smallest absolute Gasteiger partial charge is 0.410 e. The summed E-state index contributed by atoms with van der Waals surface area (Å²) in [6.07, 6.45) is 0.162. The third-order valence-corrected chi connectivity index (χ3v) is 11.0. The molecule has 3 amide bonds. The Morgan fingerprint density at radius 1 is 0.918 bits per heavy atom. The normalized spacial score (nSPS) is 13.4. The van der Waals surface area contributed by atoms with Gasteiger partial charge in [0.1, 0.15) is 34.6 Å². The molecule has 4 N–H and O–H groups in total. The summed E-state index contributed by atoms with van der Waals surface area (Å²) in [6.45, 7) is 8.82. The van der Waals surface area contributed by atoms with Gasteiger partial charge in [-0.25, -0.2) is 18.8 Å². The summed E-state index contributed by atoms with van der Waals surface area (Å²) in [5.41, 5.74) is 1.62. The number of carboxylic acid groups (broad SMARTS) is 2. The molecule has 1 fully saturated rings. The Hall–Kier alpha value is -6.89. The maximum absolute atomic E-state index is 15.3. The van der Waals surface area contributed by atoms with Crippen molar-refractivity contribution in [2.24, 2.45) is 5.92 Å². The SMILES string of the molecule is CCn1cc(C(=O)O)c(=O)c2cc(F)c(N3CCN(C(=O)OCc4ccc(NC(=O)[C@@H](C)c5nnc([C@@H](NC(=O)OCc6ccccc6)C(C)C)s5)cc4)CC3)cc21.O=CO. The van der Waals surface area contributed by atoms with Gasteiger partial charge in [-0.05, 0) is 55.2 Å². The van der Waals surface area contributed by atoms with Crippen LogP contribution in [0.4, 0.5) is 25.4 Å². The van der Waals surface area contributed by atoms with Gasteiger partial charge in [-0.3, -0.25) is 14.4 Å². The second-order valence-electron chi connectivity index (χ2n) is 14.2. The molecule has 322 valence electrons. The molecule has 5 aromatic rings. The number of anilines is 2. The summed E-state index contributed by atoms with van der Waals surface area (Å²) in [4.78, 5) is 74.6. The lowest BCUT2D eigenvalue weighted by molar-refractivity contribution is -0.123. The summed E-state index contributed by atoms with van der Waals surface area (Å²) in [5.74, 6) is -2.98. The second kappa shape index (κ2) is 20.9. The van der Waals surface area contributed by atoms with Crippen molar-refractivity contribution in [2.45, 2.75) is 59.4 Å². The van der Waals surface area contributed by atoms with E-state index in [4.69, 9.17) is 19.4 Å². The number of ether oxygens (including phenoxy) is 2. The number of carbonyl (C=O) groups is 5. The number of aromatic nitrogens is 3. The van der Waals surface area contributed by atoms with Crippen LogP contribution < -0.4 is 21.0 Å². The van der Waals surface area contributed by atoms with Gasteiger partial charge in [0.05, 0.1) is 23.2 Å². The van der Waals surface area contributed by atoms with Crippen molar-refractivity contribution in [1.82, 2.24) is 25.0 Å². The zero-order valence-electron chi connectivity index (χ0n) is 33.9. The van der Waals surface area contributed by atoms with Gasteiger partial charge < -0.3 is 44.7 Å². The molecule has 0 unspecified atom stereocenters. The number of pyridine rings is 1. The maximum Gasteiger partial charge on any atom is 0.410 e. The first-order chi connectivity index (χ1) is 29.2. The Balaban J connectivity index is 0.00000228. The van der Waals surface area contributed by atoms with Crippen LogP contribution in [0.2, 0.25) is 0 Å². The van der Waals surface area contributed by atoms with E-state index in [1.54, 1.807) is 53.6 Å². The lowest BCUT2D eigenvalue weighted by Gasteiger charge is -2.35. The molecule has 0 radical (unpaired) electrons. The maximum atomic E-state index is 15.3. The van der Waals surface area contributed by atoms with Gasteiger partial charge in [-0.2, -0.15) is 0 Å². The van der Waals surface area contributed by atoms with E-state index in [-0.39, 0.29) is 55.7 Å². The van der Waals surface area contributed by atoms with Crippen molar-refractivity contribution in [1.29, 1.82) is 0 Å². The van der Waals surface area contributed by atoms with Gasteiger partial charge >= 0.3 is 18.2 Å². The highest BCUT2D eigenvalue weighted by atomic mass is 32.1. The van der Waals surface area contributed by atoms with E-state index >= 15 is 4.39 Å². The van der Waals surface area contributed by atoms with Gasteiger partial charge in [-0.1, -0.05) is 67.6 Å². The van der Waals surface area contributed by atoms with E-state index in [1.807, 2.05) is 44.2 Å². The van der Waals surface area contributed by atoms with Crippen molar-refractivity contribution in [2.75, 3.05) is 36.4 Å². The zero-order chi connectivity index (χ0) is 44.2. The Labute approximate surface area is 353 Å². The average Bonchev–Trinajstić information content (AvgIpc) is 3.75. The number of piperazine rings is 1. The van der Waals surface area contributed by atoms with Crippen molar-refractivity contribution >= 4 is 64.1 Å². The fourth-order valence-electron chi connectivity index (χ4n) is 6.42. The number of nitrogens with zero attached hydrogens (tertiary/aromatic N) is 5. The minimum atomic E-state index is -1.37. The summed E-state index contributed by atoms with van der Waals surface area (Å²) < 4.78 is 27.8. The van der Waals surface area contributed by atoms with Crippen LogP contribution in [-0.4, -0.2) is 86.6 Å². The molecule has 0 aliphatic carbocycles. The van der Waals surface area contributed by atoms with Crippen molar-refractivity contribution in [3.8, 4) is 0 Å². The first kappa shape index (κ1) is 45.2. The van der Waals surface area contributed by atoms with E-state index in [0.717, 1.165) is 11.6 Å². The number of amides is 3. The van der Waals surface area contributed by atoms with Crippen LogP contribution in [0.3, 0.4) is 0 Å². The molecule has 1 saturated heterocycles. The van der Waals surface area contributed by atoms with E-state index < -0.39 is 46.9 Å². The molecule has 17 nitrogen and oxygen atoms in total. The number of fused-ring (bicyclic) bond motifs is 1. The van der Waals surface area contributed by atoms with Crippen LogP contribution in [0, 0.1) is 11.7 Å². The van der Waals surface area contributed by atoms with Crippen LogP contribution in [0.25, 0.3) is 10.9 Å². The van der Waals surface area contributed by atoms with Crippen molar-refractivity contribution in [3.05, 3.63) is 116 Å². The number of rotatable bonds is 13. The lowest BCUT2D eigenvalue weighted by Crippen LogP contribution is -2.49. The Bertz CT molecular complexity index is 2400. The number of hydrogen-bond acceptors (Lipinski definition) is 12. The Morgan fingerprint density at radius 3 is 2.16 bits per heavy atom. The fraction of sp³-hybridized carbons (Fsp3) is 0.333. The Kier molecular flexibility index (Phi) is 15.5. The minimum absolute atomic E-state index is 0.00568. The van der Waals surface area contributed by atoms with Crippen LogP contribution in [0.5, 0.6) is 0 Å². The number of aromatic carboxylic acids is 1. The highest BCUT2D eigenvalue weighted by molar-refractivity contribution is 7.11. The molecule has 61 heavy (non-hydrogen) atoms.